The number of nitrogens with zero attached hydrogens (tertiary/aromatic N) is 2. The third kappa shape index (κ3) is 1.40. The number of hydrogen-bond donors (Lipinski definition) is 0. The van der Waals surface area contributed by atoms with Crippen molar-refractivity contribution in [3.8, 4) is 0 Å². The lowest BCUT2D eigenvalue weighted by Gasteiger charge is -2.37. The number of rotatable bonds is 1. The molecule has 0 aromatic heterocycles. The Kier molecular flexibility index (Phi) is 1.88. The summed E-state index contributed by atoms with van der Waals surface area (Å²) in [7, 11) is 2.24. The molecule has 13 heavy (non-hydrogen) atoms. The molecule has 3 atom stereocenters. The van der Waals surface area contributed by atoms with Crippen LogP contribution in [0, 0.1) is 11.8 Å². The molecule has 0 N–H and O–H groups in total. The van der Waals surface area contributed by atoms with Gasteiger partial charge in [0.1, 0.15) is 0 Å². The Bertz CT molecular complexity index is 196. The first-order chi connectivity index (χ1) is 6.34. The van der Waals surface area contributed by atoms with Gasteiger partial charge >= 0.3 is 0 Å². The second-order valence-corrected chi connectivity index (χ2v) is 5.14. The van der Waals surface area contributed by atoms with E-state index >= 15 is 0 Å². The summed E-state index contributed by atoms with van der Waals surface area (Å²) in [5, 5.41) is 0. The van der Waals surface area contributed by atoms with Gasteiger partial charge in [-0.15, -0.1) is 0 Å². The fourth-order valence-corrected chi connectivity index (χ4v) is 3.28. The highest BCUT2D eigenvalue weighted by Crippen LogP contribution is 2.53. The van der Waals surface area contributed by atoms with Crippen LogP contribution < -0.4 is 0 Å². The van der Waals surface area contributed by atoms with Gasteiger partial charge in [0.2, 0.25) is 0 Å². The number of likely N-dealkylation sites (N-methyl/N-ethyl adjacent to an activating group) is 1. The molecular weight excluding hydrogens is 160 g/mol. The largest absolute Gasteiger partial charge is 0.304 e. The van der Waals surface area contributed by atoms with Crippen LogP contribution in [0.4, 0.5) is 0 Å². The van der Waals surface area contributed by atoms with Crippen LogP contribution in [0.15, 0.2) is 0 Å². The zero-order valence-corrected chi connectivity index (χ0v) is 8.58. The summed E-state index contributed by atoms with van der Waals surface area (Å²) in [6.45, 7) is 5.22. The number of hydrogen-bond acceptors (Lipinski definition) is 2. The number of fused-ring (bicyclic) bond motifs is 1. The zero-order valence-electron chi connectivity index (χ0n) is 8.58. The normalized spacial score (nSPS) is 46.4. The van der Waals surface area contributed by atoms with Crippen LogP contribution in [0.2, 0.25) is 0 Å². The molecular formula is C11H20N2. The Balaban J connectivity index is 1.59. The minimum atomic E-state index is 0.985. The Labute approximate surface area is 80.9 Å². The summed E-state index contributed by atoms with van der Waals surface area (Å²) < 4.78 is 0. The molecule has 0 unspecified atom stereocenters. The van der Waals surface area contributed by atoms with Crippen LogP contribution in [0.1, 0.15) is 19.3 Å². The fraction of sp³-hybridized carbons (Fsp3) is 1.00. The molecule has 0 aromatic rings. The van der Waals surface area contributed by atoms with Gasteiger partial charge in [-0.3, -0.25) is 4.90 Å². The molecule has 3 rings (SSSR count). The van der Waals surface area contributed by atoms with Crippen molar-refractivity contribution in [3.05, 3.63) is 0 Å². The van der Waals surface area contributed by atoms with Gasteiger partial charge < -0.3 is 4.90 Å². The van der Waals surface area contributed by atoms with Crippen LogP contribution in [-0.4, -0.2) is 49.1 Å². The molecule has 2 nitrogen and oxygen atoms in total. The lowest BCUT2D eigenvalue weighted by Crippen LogP contribution is -2.49. The van der Waals surface area contributed by atoms with Gasteiger partial charge in [0, 0.05) is 32.2 Å². The van der Waals surface area contributed by atoms with E-state index in [0.29, 0.717) is 0 Å². The molecule has 1 aliphatic heterocycles. The summed E-state index contributed by atoms with van der Waals surface area (Å²) in [6, 6.07) is 0.985. The van der Waals surface area contributed by atoms with E-state index in [1.807, 2.05) is 0 Å². The Morgan fingerprint density at radius 2 is 1.77 bits per heavy atom. The molecule has 0 bridgehead atoms. The maximum Gasteiger partial charge on any atom is 0.0127 e. The van der Waals surface area contributed by atoms with E-state index < -0.39 is 0 Å². The second-order valence-electron chi connectivity index (χ2n) is 5.14. The molecule has 2 aliphatic carbocycles. The predicted octanol–water partition coefficient (Wildman–Crippen LogP) is 1.03. The van der Waals surface area contributed by atoms with Gasteiger partial charge in [-0.05, 0) is 38.1 Å². The van der Waals surface area contributed by atoms with Crippen molar-refractivity contribution < 1.29 is 0 Å². The second kappa shape index (κ2) is 2.96. The van der Waals surface area contributed by atoms with Crippen molar-refractivity contribution in [2.75, 3.05) is 33.2 Å². The number of piperazine rings is 1. The summed E-state index contributed by atoms with van der Waals surface area (Å²) in [6.07, 6.45) is 4.58. The highest BCUT2D eigenvalue weighted by molar-refractivity contribution is 5.02. The van der Waals surface area contributed by atoms with Crippen LogP contribution in [0.25, 0.3) is 0 Å². The lowest BCUT2D eigenvalue weighted by atomic mass is 10.1. The van der Waals surface area contributed by atoms with Crippen molar-refractivity contribution in [3.63, 3.8) is 0 Å². The third-order valence-corrected chi connectivity index (χ3v) is 4.31. The first kappa shape index (κ1) is 8.25. The van der Waals surface area contributed by atoms with Crippen LogP contribution >= 0.6 is 0 Å². The Morgan fingerprint density at radius 3 is 2.31 bits per heavy atom. The quantitative estimate of drug-likeness (QED) is 0.595. The summed E-state index contributed by atoms with van der Waals surface area (Å²) in [5.74, 6) is 2.26. The van der Waals surface area contributed by atoms with Crippen molar-refractivity contribution in [2.45, 2.75) is 25.3 Å². The van der Waals surface area contributed by atoms with E-state index in [1.54, 1.807) is 6.42 Å². The molecule has 2 heteroatoms. The molecule has 1 heterocycles. The molecule has 2 saturated carbocycles. The first-order valence-electron chi connectivity index (χ1n) is 5.77. The summed E-state index contributed by atoms with van der Waals surface area (Å²) in [5.41, 5.74) is 0. The molecule has 74 valence electrons. The highest BCUT2D eigenvalue weighted by atomic mass is 15.3. The average molecular weight is 180 g/mol. The van der Waals surface area contributed by atoms with E-state index in [2.05, 4.69) is 16.8 Å². The fourth-order valence-electron chi connectivity index (χ4n) is 3.28. The van der Waals surface area contributed by atoms with Crippen LogP contribution in [0.5, 0.6) is 0 Å². The van der Waals surface area contributed by atoms with Gasteiger partial charge in [-0.2, -0.15) is 0 Å². The van der Waals surface area contributed by atoms with Crippen molar-refractivity contribution in [2.24, 2.45) is 11.8 Å². The lowest BCUT2D eigenvalue weighted by molar-refractivity contribution is 0.104. The van der Waals surface area contributed by atoms with E-state index in [1.165, 1.54) is 39.0 Å². The van der Waals surface area contributed by atoms with Crippen molar-refractivity contribution in [1.82, 2.24) is 9.80 Å². The zero-order chi connectivity index (χ0) is 8.84. The van der Waals surface area contributed by atoms with Crippen LogP contribution in [0.3, 0.4) is 0 Å². The van der Waals surface area contributed by atoms with Gasteiger partial charge in [0.05, 0.1) is 0 Å². The maximum atomic E-state index is 2.76. The van der Waals surface area contributed by atoms with E-state index in [4.69, 9.17) is 0 Å². The SMILES string of the molecule is CN1CCN([C@H]2CC[C@H]3C[C@H]32)CC1. The molecule has 3 aliphatic rings. The first-order valence-corrected chi connectivity index (χ1v) is 5.77. The topological polar surface area (TPSA) is 6.48 Å². The van der Waals surface area contributed by atoms with Gasteiger partial charge in [0.25, 0.3) is 0 Å². The Hall–Kier alpha value is -0.0800. The van der Waals surface area contributed by atoms with Crippen molar-refractivity contribution >= 4 is 0 Å². The minimum Gasteiger partial charge on any atom is -0.304 e. The highest BCUT2D eigenvalue weighted by Gasteiger charge is 2.49. The standard InChI is InChI=1S/C11H20N2/c1-12-4-6-13(7-5-12)11-3-2-9-8-10(9)11/h9-11H,2-8H2,1H3/t9-,10+,11-/m0/s1. The monoisotopic (exact) mass is 180 g/mol. The van der Waals surface area contributed by atoms with E-state index in [9.17, 15) is 0 Å². The summed E-state index contributed by atoms with van der Waals surface area (Å²) >= 11 is 0. The molecule has 0 amide bonds. The van der Waals surface area contributed by atoms with Crippen molar-refractivity contribution in [1.29, 1.82) is 0 Å². The smallest absolute Gasteiger partial charge is 0.0127 e. The van der Waals surface area contributed by atoms with Gasteiger partial charge in [-0.1, -0.05) is 0 Å². The minimum absolute atomic E-state index is 0.985. The molecule has 1 saturated heterocycles. The maximum absolute atomic E-state index is 2.76. The molecule has 0 aromatic carbocycles. The van der Waals surface area contributed by atoms with Gasteiger partial charge in [0.15, 0.2) is 0 Å². The average Bonchev–Trinajstić information content (AvgIpc) is 2.81. The van der Waals surface area contributed by atoms with E-state index in [0.717, 1.165) is 17.9 Å². The molecule has 0 spiro atoms. The van der Waals surface area contributed by atoms with Gasteiger partial charge in [-0.25, -0.2) is 0 Å². The molecule has 0 radical (unpaired) electrons. The van der Waals surface area contributed by atoms with Crippen LogP contribution in [-0.2, 0) is 0 Å². The summed E-state index contributed by atoms with van der Waals surface area (Å²) in [4.78, 5) is 5.22. The molecule has 3 fully saturated rings. The predicted molar refractivity (Wildman–Crippen MR) is 53.7 cm³/mol. The van der Waals surface area contributed by atoms with E-state index in [-0.39, 0.29) is 0 Å². The Morgan fingerprint density at radius 1 is 1.00 bits per heavy atom. The third-order valence-electron chi connectivity index (χ3n) is 4.31.